The van der Waals surface area contributed by atoms with E-state index in [0.717, 1.165) is 11.3 Å². The smallest absolute Gasteiger partial charge is 0.341 e. The number of carbonyl (C=O) groups is 2. The van der Waals surface area contributed by atoms with Crippen LogP contribution in [-0.4, -0.2) is 33.2 Å². The average molecular weight is 348 g/mol. The van der Waals surface area contributed by atoms with Crippen LogP contribution in [0.3, 0.4) is 0 Å². The number of allylic oxidation sites excluding steroid dienone is 1. The molecule has 0 atom stereocenters. The van der Waals surface area contributed by atoms with Crippen molar-refractivity contribution in [1.82, 2.24) is 9.78 Å². The Labute approximate surface area is 150 Å². The van der Waals surface area contributed by atoms with E-state index in [4.69, 9.17) is 9.84 Å². The molecule has 1 N–H and O–H groups in total. The van der Waals surface area contributed by atoms with Crippen molar-refractivity contribution < 1.29 is 19.4 Å². The number of ketones is 1. The van der Waals surface area contributed by atoms with Crippen molar-refractivity contribution in [3.05, 3.63) is 84.2 Å². The largest absolute Gasteiger partial charge is 0.482 e. The molecule has 6 nitrogen and oxygen atoms in total. The monoisotopic (exact) mass is 348 g/mol. The predicted molar refractivity (Wildman–Crippen MR) is 96.5 cm³/mol. The zero-order valence-electron chi connectivity index (χ0n) is 13.8. The van der Waals surface area contributed by atoms with Crippen LogP contribution in [0.5, 0.6) is 5.75 Å². The van der Waals surface area contributed by atoms with Crippen LogP contribution >= 0.6 is 0 Å². The molecule has 130 valence electrons. The van der Waals surface area contributed by atoms with E-state index < -0.39 is 12.6 Å². The van der Waals surface area contributed by atoms with E-state index in [0.29, 0.717) is 11.3 Å². The van der Waals surface area contributed by atoms with Crippen LogP contribution in [0.25, 0.3) is 11.8 Å². The standard InChI is InChI=1S/C20H16N2O4/c23-19(16-7-9-18(10-8-16)26-14-20(24)25)11-6-15-12-21-22(13-15)17-4-2-1-3-5-17/h1-13H,14H2,(H,24,25). The second-order valence-corrected chi connectivity index (χ2v) is 5.46. The molecule has 1 aromatic heterocycles. The number of carbonyl (C=O) groups excluding carboxylic acids is 1. The van der Waals surface area contributed by atoms with E-state index in [9.17, 15) is 9.59 Å². The highest BCUT2D eigenvalue weighted by atomic mass is 16.5. The summed E-state index contributed by atoms with van der Waals surface area (Å²) >= 11 is 0. The van der Waals surface area contributed by atoms with E-state index in [1.807, 2.05) is 36.5 Å². The van der Waals surface area contributed by atoms with E-state index >= 15 is 0 Å². The summed E-state index contributed by atoms with van der Waals surface area (Å²) in [6.45, 7) is -0.418. The first kappa shape index (κ1) is 17.2. The Bertz CT molecular complexity index is 928. The molecule has 0 saturated carbocycles. The van der Waals surface area contributed by atoms with E-state index in [-0.39, 0.29) is 5.78 Å². The lowest BCUT2D eigenvalue weighted by atomic mass is 10.1. The third-order valence-corrected chi connectivity index (χ3v) is 3.55. The lowest BCUT2D eigenvalue weighted by Crippen LogP contribution is -2.09. The van der Waals surface area contributed by atoms with Crippen LogP contribution in [0.1, 0.15) is 15.9 Å². The minimum absolute atomic E-state index is 0.165. The Kier molecular flexibility index (Phi) is 5.24. The van der Waals surface area contributed by atoms with Crippen molar-refractivity contribution in [1.29, 1.82) is 0 Å². The number of nitrogens with zero attached hydrogens (tertiary/aromatic N) is 2. The molecule has 3 rings (SSSR count). The highest BCUT2D eigenvalue weighted by molar-refractivity contribution is 6.06. The second-order valence-electron chi connectivity index (χ2n) is 5.46. The predicted octanol–water partition coefficient (Wildman–Crippen LogP) is 3.23. The lowest BCUT2D eigenvalue weighted by Gasteiger charge is -2.03. The van der Waals surface area contributed by atoms with Gasteiger partial charge in [0.25, 0.3) is 0 Å². The van der Waals surface area contributed by atoms with Crippen molar-refractivity contribution in [3.63, 3.8) is 0 Å². The number of rotatable bonds is 7. The Hall–Kier alpha value is -3.67. The van der Waals surface area contributed by atoms with Crippen molar-refractivity contribution in [2.75, 3.05) is 6.61 Å². The molecular weight excluding hydrogens is 332 g/mol. The maximum atomic E-state index is 12.2. The molecular formula is C20H16N2O4. The maximum absolute atomic E-state index is 12.2. The summed E-state index contributed by atoms with van der Waals surface area (Å²) in [6.07, 6.45) is 6.69. The second kappa shape index (κ2) is 7.94. The van der Waals surface area contributed by atoms with Crippen LogP contribution in [0.2, 0.25) is 0 Å². The molecule has 26 heavy (non-hydrogen) atoms. The fourth-order valence-corrected chi connectivity index (χ4v) is 2.27. The minimum atomic E-state index is -1.05. The first-order chi connectivity index (χ1) is 12.6. The third kappa shape index (κ3) is 4.45. The number of hydrogen-bond acceptors (Lipinski definition) is 4. The molecule has 0 aliphatic heterocycles. The SMILES string of the molecule is O=C(O)COc1ccc(C(=O)C=Cc2cnn(-c3ccccc3)c2)cc1. The van der Waals surface area contributed by atoms with Gasteiger partial charge in [0, 0.05) is 17.3 Å². The highest BCUT2D eigenvalue weighted by Gasteiger charge is 2.04. The lowest BCUT2D eigenvalue weighted by molar-refractivity contribution is -0.139. The number of para-hydroxylation sites is 1. The zero-order chi connectivity index (χ0) is 18.4. The van der Waals surface area contributed by atoms with Crippen molar-refractivity contribution in [2.24, 2.45) is 0 Å². The number of ether oxygens (including phenoxy) is 1. The summed E-state index contributed by atoms with van der Waals surface area (Å²) in [5, 5.41) is 12.8. The van der Waals surface area contributed by atoms with Crippen LogP contribution in [0.4, 0.5) is 0 Å². The average Bonchev–Trinajstić information content (AvgIpc) is 3.14. The Morgan fingerprint density at radius 1 is 1.08 bits per heavy atom. The molecule has 0 amide bonds. The van der Waals surface area contributed by atoms with Gasteiger partial charge in [-0.15, -0.1) is 0 Å². The molecule has 0 aliphatic rings. The summed E-state index contributed by atoms with van der Waals surface area (Å²) in [5.41, 5.74) is 2.23. The maximum Gasteiger partial charge on any atom is 0.341 e. The first-order valence-corrected chi connectivity index (χ1v) is 7.89. The fourth-order valence-electron chi connectivity index (χ4n) is 2.27. The summed E-state index contributed by atoms with van der Waals surface area (Å²) in [4.78, 5) is 22.7. The van der Waals surface area contributed by atoms with E-state index in [1.165, 1.54) is 6.08 Å². The number of hydrogen-bond donors (Lipinski definition) is 1. The van der Waals surface area contributed by atoms with E-state index in [1.54, 1.807) is 41.2 Å². The highest BCUT2D eigenvalue weighted by Crippen LogP contribution is 2.14. The van der Waals surface area contributed by atoms with Gasteiger partial charge in [0.1, 0.15) is 5.75 Å². The molecule has 2 aromatic carbocycles. The quantitative estimate of drug-likeness (QED) is 0.524. The zero-order valence-corrected chi connectivity index (χ0v) is 13.8. The number of carboxylic acids is 1. The van der Waals surface area contributed by atoms with Gasteiger partial charge in [0.2, 0.25) is 0 Å². The van der Waals surface area contributed by atoms with Gasteiger partial charge >= 0.3 is 5.97 Å². The number of aliphatic carboxylic acids is 1. The normalized spacial score (nSPS) is 10.8. The molecule has 1 heterocycles. The fraction of sp³-hybridized carbons (Fsp3) is 0.0500. The van der Waals surface area contributed by atoms with Crippen molar-refractivity contribution >= 4 is 17.8 Å². The summed E-state index contributed by atoms with van der Waals surface area (Å²) < 4.78 is 6.77. The van der Waals surface area contributed by atoms with Gasteiger partial charge < -0.3 is 9.84 Å². The summed E-state index contributed by atoms with van der Waals surface area (Å²) in [5.74, 6) is -0.816. The third-order valence-electron chi connectivity index (χ3n) is 3.55. The molecule has 0 fully saturated rings. The van der Waals surface area contributed by atoms with Crippen LogP contribution in [0.15, 0.2) is 73.1 Å². The summed E-state index contributed by atoms with van der Waals surface area (Å²) in [7, 11) is 0. The molecule has 0 saturated heterocycles. The van der Waals surface area contributed by atoms with Gasteiger partial charge in [-0.25, -0.2) is 9.48 Å². The van der Waals surface area contributed by atoms with Crippen molar-refractivity contribution in [2.45, 2.75) is 0 Å². The molecule has 0 bridgehead atoms. The minimum Gasteiger partial charge on any atom is -0.482 e. The van der Waals surface area contributed by atoms with Gasteiger partial charge in [0.05, 0.1) is 11.9 Å². The number of benzene rings is 2. The van der Waals surface area contributed by atoms with Gasteiger partial charge in [-0.3, -0.25) is 4.79 Å². The van der Waals surface area contributed by atoms with Gasteiger partial charge in [-0.2, -0.15) is 5.10 Å². The van der Waals surface area contributed by atoms with E-state index in [2.05, 4.69) is 5.10 Å². The summed E-state index contributed by atoms with van der Waals surface area (Å²) in [6, 6.07) is 16.0. The Morgan fingerprint density at radius 2 is 1.81 bits per heavy atom. The topological polar surface area (TPSA) is 81.4 Å². The van der Waals surface area contributed by atoms with Crippen molar-refractivity contribution in [3.8, 4) is 11.4 Å². The molecule has 0 unspecified atom stereocenters. The number of carboxylic acid groups (broad SMARTS) is 1. The van der Waals surface area contributed by atoms with Gasteiger partial charge in [-0.1, -0.05) is 18.2 Å². The van der Waals surface area contributed by atoms with Crippen LogP contribution in [-0.2, 0) is 4.79 Å². The van der Waals surface area contributed by atoms with Crippen LogP contribution in [0, 0.1) is 0 Å². The molecule has 0 aliphatic carbocycles. The molecule has 6 heteroatoms. The van der Waals surface area contributed by atoms with Gasteiger partial charge in [0.15, 0.2) is 12.4 Å². The number of aromatic nitrogens is 2. The first-order valence-electron chi connectivity index (χ1n) is 7.89. The Morgan fingerprint density at radius 3 is 2.50 bits per heavy atom. The molecule has 0 radical (unpaired) electrons. The molecule has 3 aromatic rings. The Balaban J connectivity index is 1.64. The van der Waals surface area contributed by atoms with Gasteiger partial charge in [-0.05, 0) is 48.6 Å². The van der Waals surface area contributed by atoms with Crippen LogP contribution < -0.4 is 4.74 Å². The molecule has 0 spiro atoms.